The molecule has 0 aromatic carbocycles. The topological polar surface area (TPSA) is 79.9 Å². The van der Waals surface area contributed by atoms with Crippen LogP contribution in [0, 0.1) is 6.92 Å². The largest absolute Gasteiger partial charge is 0.340 e. The van der Waals surface area contributed by atoms with Gasteiger partial charge >= 0.3 is 4.87 Å². The van der Waals surface area contributed by atoms with Crippen molar-refractivity contribution in [2.45, 2.75) is 26.4 Å². The van der Waals surface area contributed by atoms with Gasteiger partial charge in [0.15, 0.2) is 4.96 Å². The molecule has 0 atom stereocenters. The molecular formula is C18H21N5O3S2. The molecule has 4 rings (SSSR count). The average Bonchev–Trinajstić information content (AvgIpc) is 3.27. The van der Waals surface area contributed by atoms with Crippen molar-refractivity contribution >= 4 is 33.5 Å². The Morgan fingerprint density at radius 2 is 1.96 bits per heavy atom. The Morgan fingerprint density at radius 1 is 1.18 bits per heavy atom. The van der Waals surface area contributed by atoms with Crippen LogP contribution in [-0.2, 0) is 17.9 Å². The van der Waals surface area contributed by atoms with Crippen LogP contribution in [0.5, 0.6) is 0 Å². The molecule has 1 aliphatic rings. The highest BCUT2D eigenvalue weighted by atomic mass is 32.1. The first-order valence-corrected chi connectivity index (χ1v) is 10.9. The molecule has 28 heavy (non-hydrogen) atoms. The summed E-state index contributed by atoms with van der Waals surface area (Å²) in [7, 11) is 0. The third-order valence-electron chi connectivity index (χ3n) is 4.99. The molecule has 0 bridgehead atoms. The Labute approximate surface area is 169 Å². The summed E-state index contributed by atoms with van der Waals surface area (Å²) in [6, 6.07) is 1.58. The van der Waals surface area contributed by atoms with Crippen LogP contribution in [0.2, 0.25) is 0 Å². The van der Waals surface area contributed by atoms with Gasteiger partial charge in [-0.15, -0.1) is 11.3 Å². The number of hydrogen-bond acceptors (Lipinski definition) is 7. The summed E-state index contributed by atoms with van der Waals surface area (Å²) in [5.74, 6) is 0.0773. The Bertz CT molecular complexity index is 1100. The summed E-state index contributed by atoms with van der Waals surface area (Å²) in [5, 5.41) is 3.67. The number of amides is 1. The Hall–Kier alpha value is -2.30. The molecule has 1 amide bonds. The quantitative estimate of drug-likeness (QED) is 0.617. The molecule has 0 saturated carbocycles. The Morgan fingerprint density at radius 3 is 2.68 bits per heavy atom. The molecule has 0 aliphatic carbocycles. The summed E-state index contributed by atoms with van der Waals surface area (Å²) in [4.78, 5) is 45.6. The fourth-order valence-corrected chi connectivity index (χ4v) is 4.89. The summed E-state index contributed by atoms with van der Waals surface area (Å²) in [5.41, 5.74) is 1.60. The number of hydrogen-bond donors (Lipinski definition) is 0. The van der Waals surface area contributed by atoms with Gasteiger partial charge in [0.05, 0.1) is 5.69 Å². The van der Waals surface area contributed by atoms with E-state index < -0.39 is 0 Å². The van der Waals surface area contributed by atoms with Gasteiger partial charge < -0.3 is 9.47 Å². The molecule has 4 heterocycles. The first kappa shape index (κ1) is 19.0. The maximum absolute atomic E-state index is 12.5. The zero-order valence-corrected chi connectivity index (χ0v) is 17.2. The van der Waals surface area contributed by atoms with Crippen LogP contribution in [0.25, 0.3) is 4.96 Å². The van der Waals surface area contributed by atoms with Crippen LogP contribution in [0.3, 0.4) is 0 Å². The molecule has 8 nitrogen and oxygen atoms in total. The molecule has 3 aromatic rings. The van der Waals surface area contributed by atoms with E-state index in [4.69, 9.17) is 0 Å². The summed E-state index contributed by atoms with van der Waals surface area (Å²) >= 11 is 2.61. The van der Waals surface area contributed by atoms with Gasteiger partial charge in [-0.25, -0.2) is 4.98 Å². The molecule has 0 N–H and O–H groups in total. The highest BCUT2D eigenvalue weighted by Crippen LogP contribution is 2.11. The van der Waals surface area contributed by atoms with E-state index in [9.17, 15) is 14.4 Å². The second-order valence-electron chi connectivity index (χ2n) is 6.84. The van der Waals surface area contributed by atoms with Gasteiger partial charge in [0.1, 0.15) is 0 Å². The molecule has 0 radical (unpaired) electrons. The number of fused-ring (bicyclic) bond motifs is 1. The normalized spacial score (nSPS) is 15.4. The second kappa shape index (κ2) is 7.98. The van der Waals surface area contributed by atoms with Crippen molar-refractivity contribution in [3.8, 4) is 0 Å². The van der Waals surface area contributed by atoms with Crippen LogP contribution < -0.4 is 10.4 Å². The van der Waals surface area contributed by atoms with Gasteiger partial charge in [0, 0.05) is 74.4 Å². The molecular weight excluding hydrogens is 398 g/mol. The van der Waals surface area contributed by atoms with Crippen molar-refractivity contribution in [2.24, 2.45) is 0 Å². The lowest BCUT2D eigenvalue weighted by Crippen LogP contribution is -2.48. The van der Waals surface area contributed by atoms with Gasteiger partial charge in [-0.2, -0.15) is 0 Å². The summed E-state index contributed by atoms with van der Waals surface area (Å²) in [6.07, 6.45) is 2.07. The van der Waals surface area contributed by atoms with E-state index in [1.54, 1.807) is 21.2 Å². The van der Waals surface area contributed by atoms with Crippen molar-refractivity contribution in [1.82, 2.24) is 23.8 Å². The number of carbonyl (C=O) groups excluding carboxylic acids is 1. The smallest absolute Gasteiger partial charge is 0.307 e. The molecule has 10 heteroatoms. The minimum atomic E-state index is -0.0611. The van der Waals surface area contributed by atoms with E-state index in [2.05, 4.69) is 9.88 Å². The number of aromatic nitrogens is 3. The predicted octanol–water partition coefficient (Wildman–Crippen LogP) is 1.02. The van der Waals surface area contributed by atoms with Gasteiger partial charge in [0.25, 0.3) is 5.56 Å². The van der Waals surface area contributed by atoms with Gasteiger partial charge in [-0.1, -0.05) is 11.3 Å². The molecule has 3 aromatic heterocycles. The predicted molar refractivity (Wildman–Crippen MR) is 109 cm³/mol. The maximum atomic E-state index is 12.5. The highest BCUT2D eigenvalue weighted by Gasteiger charge is 2.22. The zero-order valence-electron chi connectivity index (χ0n) is 15.5. The molecule has 1 aliphatic heterocycles. The minimum Gasteiger partial charge on any atom is -0.340 e. The average molecular weight is 420 g/mol. The van der Waals surface area contributed by atoms with E-state index in [1.807, 2.05) is 22.6 Å². The SMILES string of the molecule is Cc1csc(=O)n1CCC(=O)N1CCN(Cc2cc(=O)n3ccsc3n2)CC1. The fraction of sp³-hybridized carbons (Fsp3) is 0.444. The standard InChI is InChI=1S/C18H21N5O3S2/c1-13-12-28-18(26)22(13)3-2-15(24)21-6-4-20(5-7-21)11-14-10-16(25)23-8-9-27-17(23)19-14/h8-10,12H,2-7,11H2,1H3. The number of carbonyl (C=O) groups is 1. The van der Waals surface area contributed by atoms with Crippen molar-refractivity contribution in [3.63, 3.8) is 0 Å². The maximum Gasteiger partial charge on any atom is 0.307 e. The molecule has 1 fully saturated rings. The lowest BCUT2D eigenvalue weighted by atomic mass is 10.2. The van der Waals surface area contributed by atoms with Crippen LogP contribution in [0.4, 0.5) is 0 Å². The van der Waals surface area contributed by atoms with Crippen molar-refractivity contribution in [2.75, 3.05) is 26.2 Å². The van der Waals surface area contributed by atoms with Gasteiger partial charge in [-0.05, 0) is 6.92 Å². The van der Waals surface area contributed by atoms with Crippen molar-refractivity contribution in [3.05, 3.63) is 54.4 Å². The third-order valence-corrected chi connectivity index (χ3v) is 6.63. The highest BCUT2D eigenvalue weighted by molar-refractivity contribution is 7.15. The zero-order chi connectivity index (χ0) is 19.7. The first-order chi connectivity index (χ1) is 13.5. The van der Waals surface area contributed by atoms with E-state index in [-0.39, 0.29) is 16.3 Å². The third kappa shape index (κ3) is 3.94. The van der Waals surface area contributed by atoms with E-state index in [0.29, 0.717) is 37.6 Å². The van der Waals surface area contributed by atoms with Crippen molar-refractivity contribution in [1.29, 1.82) is 0 Å². The fourth-order valence-electron chi connectivity index (χ4n) is 3.39. The minimum absolute atomic E-state index is 0.0127. The van der Waals surface area contributed by atoms with Crippen molar-refractivity contribution < 1.29 is 4.79 Å². The molecule has 148 valence electrons. The lowest BCUT2D eigenvalue weighted by molar-refractivity contribution is -0.133. The van der Waals surface area contributed by atoms with Crippen LogP contribution in [-0.4, -0.2) is 55.8 Å². The summed E-state index contributed by atoms with van der Waals surface area (Å²) < 4.78 is 3.20. The van der Waals surface area contributed by atoms with Crippen LogP contribution >= 0.6 is 22.7 Å². The summed E-state index contributed by atoms with van der Waals surface area (Å²) in [6.45, 7) is 5.71. The second-order valence-corrected chi connectivity index (χ2v) is 8.54. The van der Waals surface area contributed by atoms with Gasteiger partial charge in [0.2, 0.25) is 5.91 Å². The molecule has 0 unspecified atom stereocenters. The molecule has 1 saturated heterocycles. The number of piperazine rings is 1. The Balaban J connectivity index is 1.30. The first-order valence-electron chi connectivity index (χ1n) is 9.12. The number of thiazole rings is 2. The number of aryl methyl sites for hydroxylation is 1. The Kier molecular flexibility index (Phi) is 5.42. The van der Waals surface area contributed by atoms with Crippen LogP contribution in [0.1, 0.15) is 17.8 Å². The number of nitrogens with zero attached hydrogens (tertiary/aromatic N) is 5. The van der Waals surface area contributed by atoms with E-state index in [1.165, 1.54) is 22.7 Å². The molecule has 0 spiro atoms. The number of rotatable bonds is 5. The van der Waals surface area contributed by atoms with E-state index in [0.717, 1.165) is 24.5 Å². The lowest BCUT2D eigenvalue weighted by Gasteiger charge is -2.34. The monoisotopic (exact) mass is 419 g/mol. The van der Waals surface area contributed by atoms with Gasteiger partial charge in [-0.3, -0.25) is 23.7 Å². The van der Waals surface area contributed by atoms with Crippen LogP contribution in [0.15, 0.2) is 32.6 Å². The van der Waals surface area contributed by atoms with E-state index >= 15 is 0 Å².